The summed E-state index contributed by atoms with van der Waals surface area (Å²) in [7, 11) is 0. The van der Waals surface area contributed by atoms with Gasteiger partial charge in [0.05, 0.1) is 4.91 Å². The highest BCUT2D eigenvalue weighted by Gasteiger charge is 1.98. The third-order valence-corrected chi connectivity index (χ3v) is 1.57. The van der Waals surface area contributed by atoms with E-state index in [1.54, 1.807) is 6.08 Å². The number of nitrogens with zero attached hydrogens (tertiary/aromatic N) is 1. The number of benzene rings is 1. The number of hydrogen-bond acceptors (Lipinski definition) is 2. The third-order valence-electron chi connectivity index (χ3n) is 1.57. The molecule has 0 heterocycles. The van der Waals surface area contributed by atoms with Crippen LogP contribution < -0.4 is 0 Å². The SMILES string of the molecule is C=CC=C[N+](=O)OC=Cc1ccccc1. The van der Waals surface area contributed by atoms with E-state index in [-0.39, 0.29) is 0 Å². The molecule has 0 atom stereocenters. The Labute approximate surface area is 88.5 Å². The molecule has 1 aromatic carbocycles. The van der Waals surface area contributed by atoms with Crippen LogP contribution in [0, 0.1) is 4.91 Å². The van der Waals surface area contributed by atoms with Crippen LogP contribution in [-0.4, -0.2) is 4.92 Å². The van der Waals surface area contributed by atoms with E-state index in [4.69, 9.17) is 4.84 Å². The molecule has 3 nitrogen and oxygen atoms in total. The molecular formula is C12H12NO2+. The summed E-state index contributed by atoms with van der Waals surface area (Å²) in [4.78, 5) is 16.0. The van der Waals surface area contributed by atoms with E-state index in [2.05, 4.69) is 6.58 Å². The molecule has 0 N–H and O–H groups in total. The van der Waals surface area contributed by atoms with Gasteiger partial charge in [0.1, 0.15) is 0 Å². The molecule has 0 aliphatic rings. The fourth-order valence-electron chi connectivity index (χ4n) is 0.899. The zero-order valence-electron chi connectivity index (χ0n) is 8.24. The molecule has 1 rings (SSSR count). The molecule has 0 saturated heterocycles. The molecule has 0 bridgehead atoms. The van der Waals surface area contributed by atoms with Crippen molar-refractivity contribution in [1.29, 1.82) is 0 Å². The van der Waals surface area contributed by atoms with Crippen molar-refractivity contribution >= 4 is 6.08 Å². The lowest BCUT2D eigenvalue weighted by molar-refractivity contribution is -0.736. The summed E-state index contributed by atoms with van der Waals surface area (Å²) in [6.45, 7) is 3.43. The fraction of sp³-hybridized carbons (Fsp3) is 0. The van der Waals surface area contributed by atoms with Crippen LogP contribution in [0.3, 0.4) is 0 Å². The van der Waals surface area contributed by atoms with Crippen LogP contribution in [-0.2, 0) is 4.84 Å². The first-order valence-electron chi connectivity index (χ1n) is 4.47. The van der Waals surface area contributed by atoms with E-state index in [0.29, 0.717) is 4.92 Å². The zero-order chi connectivity index (χ0) is 10.9. The molecule has 0 unspecified atom stereocenters. The second-order valence-corrected chi connectivity index (χ2v) is 2.68. The van der Waals surface area contributed by atoms with Gasteiger partial charge in [-0.25, -0.2) is 0 Å². The average molecular weight is 202 g/mol. The molecule has 0 spiro atoms. The van der Waals surface area contributed by atoms with Gasteiger partial charge in [0.15, 0.2) is 6.26 Å². The van der Waals surface area contributed by atoms with E-state index in [0.717, 1.165) is 5.56 Å². The number of hydrogen-bond donors (Lipinski definition) is 0. The molecule has 0 aliphatic carbocycles. The van der Waals surface area contributed by atoms with Crippen LogP contribution in [0.5, 0.6) is 0 Å². The van der Waals surface area contributed by atoms with Crippen LogP contribution in [0.4, 0.5) is 0 Å². The Balaban J connectivity index is 2.43. The van der Waals surface area contributed by atoms with E-state index < -0.39 is 0 Å². The van der Waals surface area contributed by atoms with Gasteiger partial charge in [-0.1, -0.05) is 43.0 Å². The maximum atomic E-state index is 10.9. The molecule has 76 valence electrons. The van der Waals surface area contributed by atoms with Crippen molar-refractivity contribution in [1.82, 2.24) is 0 Å². The van der Waals surface area contributed by atoms with Crippen molar-refractivity contribution < 1.29 is 9.76 Å². The highest BCUT2D eigenvalue weighted by Crippen LogP contribution is 2.00. The van der Waals surface area contributed by atoms with Crippen molar-refractivity contribution in [2.75, 3.05) is 0 Å². The molecule has 3 heteroatoms. The first-order valence-corrected chi connectivity index (χ1v) is 4.47. The number of allylic oxidation sites excluding steroid dienone is 2. The van der Waals surface area contributed by atoms with E-state index in [1.807, 2.05) is 30.3 Å². The summed E-state index contributed by atoms with van der Waals surface area (Å²) < 4.78 is 0. The molecule has 1 aromatic rings. The van der Waals surface area contributed by atoms with Crippen LogP contribution in [0.15, 0.2) is 61.5 Å². The smallest absolute Gasteiger partial charge is 0.194 e. The van der Waals surface area contributed by atoms with Crippen LogP contribution in [0.1, 0.15) is 5.56 Å². The number of rotatable bonds is 5. The first-order chi connectivity index (χ1) is 7.33. The third kappa shape index (κ3) is 4.57. The monoisotopic (exact) mass is 202 g/mol. The second-order valence-electron chi connectivity index (χ2n) is 2.68. The first kappa shape index (κ1) is 10.9. The Hall–Kier alpha value is -2.16. The van der Waals surface area contributed by atoms with Crippen LogP contribution in [0.2, 0.25) is 0 Å². The predicted molar refractivity (Wildman–Crippen MR) is 59.5 cm³/mol. The van der Waals surface area contributed by atoms with Gasteiger partial charge >= 0.3 is 0 Å². The largest absolute Gasteiger partial charge is 0.282 e. The van der Waals surface area contributed by atoms with Crippen LogP contribution >= 0.6 is 0 Å². The van der Waals surface area contributed by atoms with Crippen LogP contribution in [0.25, 0.3) is 6.08 Å². The lowest BCUT2D eigenvalue weighted by Gasteiger charge is -1.87. The summed E-state index contributed by atoms with van der Waals surface area (Å²) in [5, 5.41) is 0. The van der Waals surface area contributed by atoms with Crippen molar-refractivity contribution in [3.8, 4) is 0 Å². The highest BCUT2D eigenvalue weighted by molar-refractivity contribution is 5.47. The van der Waals surface area contributed by atoms with E-state index >= 15 is 0 Å². The Morgan fingerprint density at radius 1 is 1.27 bits per heavy atom. The molecule has 15 heavy (non-hydrogen) atoms. The topological polar surface area (TPSA) is 29.3 Å². The van der Waals surface area contributed by atoms with Gasteiger partial charge in [-0.15, -0.1) is 0 Å². The standard InChI is InChI=1S/C12H12NO2/c1-2-3-10-13(14)15-11-9-12-7-5-4-6-8-12/h2-11H,1H2/q+1. The summed E-state index contributed by atoms with van der Waals surface area (Å²) >= 11 is 0. The minimum atomic E-state index is 0.348. The zero-order valence-corrected chi connectivity index (χ0v) is 8.24. The maximum absolute atomic E-state index is 10.9. The van der Waals surface area contributed by atoms with Gasteiger partial charge in [-0.3, -0.25) is 0 Å². The summed E-state index contributed by atoms with van der Waals surface area (Å²) in [6, 6.07) is 9.56. The normalized spacial score (nSPS) is 10.7. The Kier molecular flexibility index (Phi) is 4.60. The predicted octanol–water partition coefficient (Wildman–Crippen LogP) is 3.07. The minimum absolute atomic E-state index is 0.348. The van der Waals surface area contributed by atoms with Crippen molar-refractivity contribution in [2.45, 2.75) is 0 Å². The van der Waals surface area contributed by atoms with Gasteiger partial charge in [-0.05, 0) is 11.6 Å². The Morgan fingerprint density at radius 2 is 2.00 bits per heavy atom. The van der Waals surface area contributed by atoms with Gasteiger partial charge in [-0.2, -0.15) is 4.84 Å². The van der Waals surface area contributed by atoms with E-state index in [9.17, 15) is 4.91 Å². The van der Waals surface area contributed by atoms with E-state index in [1.165, 1.54) is 24.6 Å². The Bertz CT molecular complexity index is 380. The summed E-state index contributed by atoms with van der Waals surface area (Å²) in [6.07, 6.45) is 7.24. The van der Waals surface area contributed by atoms with Gasteiger partial charge in [0.25, 0.3) is 11.1 Å². The lowest BCUT2D eigenvalue weighted by atomic mass is 10.2. The molecular weight excluding hydrogens is 190 g/mol. The van der Waals surface area contributed by atoms with Gasteiger partial charge in [0.2, 0.25) is 0 Å². The molecule has 0 amide bonds. The van der Waals surface area contributed by atoms with Gasteiger partial charge < -0.3 is 0 Å². The molecule has 0 fully saturated rings. The quantitative estimate of drug-likeness (QED) is 0.417. The molecule has 0 aliphatic heterocycles. The minimum Gasteiger partial charge on any atom is -0.194 e. The summed E-state index contributed by atoms with van der Waals surface area (Å²) in [5.41, 5.74) is 0.971. The maximum Gasteiger partial charge on any atom is 0.282 e. The molecule has 0 aromatic heterocycles. The van der Waals surface area contributed by atoms with Crippen molar-refractivity contribution in [3.63, 3.8) is 0 Å². The fourth-order valence-corrected chi connectivity index (χ4v) is 0.899. The molecule has 0 saturated carbocycles. The Morgan fingerprint density at radius 3 is 2.67 bits per heavy atom. The molecule has 0 radical (unpaired) electrons. The summed E-state index contributed by atoms with van der Waals surface area (Å²) in [5.74, 6) is 0. The lowest BCUT2D eigenvalue weighted by Crippen LogP contribution is -1.93. The van der Waals surface area contributed by atoms with Gasteiger partial charge in [0, 0.05) is 6.08 Å². The second kappa shape index (κ2) is 6.32. The van der Waals surface area contributed by atoms with Crippen molar-refractivity contribution in [2.24, 2.45) is 0 Å². The average Bonchev–Trinajstić information content (AvgIpc) is 2.28. The highest BCUT2D eigenvalue weighted by atomic mass is 16.8. The van der Waals surface area contributed by atoms with Crippen molar-refractivity contribution in [3.05, 3.63) is 72.0 Å².